The largest absolute Gasteiger partial charge is 0.393 e. The molecule has 2 unspecified atom stereocenters. The Morgan fingerprint density at radius 3 is 2.57 bits per heavy atom. The highest BCUT2D eigenvalue weighted by atomic mass is 19.1. The summed E-state index contributed by atoms with van der Waals surface area (Å²) in [4.78, 5) is 11.7. The third-order valence-corrected chi connectivity index (χ3v) is 3.79. The lowest BCUT2D eigenvalue weighted by Gasteiger charge is -2.27. The van der Waals surface area contributed by atoms with Crippen LogP contribution in [0.1, 0.15) is 25.7 Å². The Bertz CT molecular complexity index is 476. The number of hydrogen-bond donors (Lipinski definition) is 3. The van der Waals surface area contributed by atoms with Crippen LogP contribution >= 0.6 is 0 Å². The number of halogens is 2. The van der Waals surface area contributed by atoms with E-state index in [4.69, 9.17) is 0 Å². The highest BCUT2D eigenvalue weighted by Gasteiger charge is 2.22. The van der Waals surface area contributed by atoms with Crippen LogP contribution in [0.5, 0.6) is 0 Å². The summed E-state index contributed by atoms with van der Waals surface area (Å²) in [6, 6.07) is 3.41. The summed E-state index contributed by atoms with van der Waals surface area (Å²) in [5, 5.41) is 14.9. The van der Waals surface area contributed by atoms with Crippen LogP contribution in [0.2, 0.25) is 0 Å². The van der Waals surface area contributed by atoms with Crippen molar-refractivity contribution < 1.29 is 18.7 Å². The zero-order valence-corrected chi connectivity index (χ0v) is 11.7. The number of hydrogen-bond acceptors (Lipinski definition) is 3. The van der Waals surface area contributed by atoms with Crippen LogP contribution in [0.15, 0.2) is 18.2 Å². The Morgan fingerprint density at radius 1 is 1.24 bits per heavy atom. The van der Waals surface area contributed by atoms with Gasteiger partial charge in [-0.3, -0.25) is 4.79 Å². The number of aliphatic hydroxyl groups excluding tert-OH is 1. The molecule has 116 valence electrons. The molecule has 3 N–H and O–H groups in total. The van der Waals surface area contributed by atoms with Crippen LogP contribution in [0.4, 0.5) is 14.5 Å². The highest BCUT2D eigenvalue weighted by molar-refractivity contribution is 5.92. The summed E-state index contributed by atoms with van der Waals surface area (Å²) in [7, 11) is 0. The molecule has 0 radical (unpaired) electrons. The van der Waals surface area contributed by atoms with Crippen molar-refractivity contribution >= 4 is 11.6 Å². The molecule has 1 aliphatic carbocycles. The first-order valence-corrected chi connectivity index (χ1v) is 7.20. The van der Waals surface area contributed by atoms with Crippen molar-refractivity contribution in [2.24, 2.45) is 5.92 Å². The smallest absolute Gasteiger partial charge is 0.238 e. The fourth-order valence-electron chi connectivity index (χ4n) is 2.60. The van der Waals surface area contributed by atoms with Gasteiger partial charge in [0.15, 0.2) is 0 Å². The molecule has 0 spiro atoms. The maximum absolute atomic E-state index is 13.4. The first-order chi connectivity index (χ1) is 10.1. The van der Waals surface area contributed by atoms with Crippen molar-refractivity contribution in [2.45, 2.75) is 31.8 Å². The normalized spacial score (nSPS) is 22.0. The Labute approximate surface area is 122 Å². The van der Waals surface area contributed by atoms with Gasteiger partial charge in [0.25, 0.3) is 0 Å². The van der Waals surface area contributed by atoms with Gasteiger partial charge >= 0.3 is 0 Å². The van der Waals surface area contributed by atoms with E-state index in [2.05, 4.69) is 10.6 Å². The second-order valence-electron chi connectivity index (χ2n) is 5.39. The molecule has 0 saturated heterocycles. The molecule has 1 aromatic carbocycles. The van der Waals surface area contributed by atoms with Crippen LogP contribution in [0.25, 0.3) is 0 Å². The van der Waals surface area contributed by atoms with Crippen molar-refractivity contribution in [1.29, 1.82) is 0 Å². The van der Waals surface area contributed by atoms with Gasteiger partial charge in [-0.05, 0) is 30.9 Å². The number of para-hydroxylation sites is 1. The zero-order chi connectivity index (χ0) is 15.2. The van der Waals surface area contributed by atoms with Crippen LogP contribution in [0, 0.1) is 17.6 Å². The molecule has 6 heteroatoms. The predicted molar refractivity (Wildman–Crippen MR) is 75.8 cm³/mol. The van der Waals surface area contributed by atoms with Crippen LogP contribution < -0.4 is 10.6 Å². The molecular formula is C15H20F2N2O2. The van der Waals surface area contributed by atoms with Crippen LogP contribution in [-0.4, -0.2) is 30.2 Å². The molecule has 0 aromatic heterocycles. The van der Waals surface area contributed by atoms with E-state index in [1.807, 2.05) is 0 Å². The molecule has 0 heterocycles. The van der Waals surface area contributed by atoms with Gasteiger partial charge in [0.1, 0.15) is 17.3 Å². The lowest BCUT2D eigenvalue weighted by molar-refractivity contribution is -0.115. The Balaban J connectivity index is 1.77. The van der Waals surface area contributed by atoms with Crippen molar-refractivity contribution in [3.8, 4) is 0 Å². The number of rotatable bonds is 5. The highest BCUT2D eigenvalue weighted by Crippen LogP contribution is 2.23. The van der Waals surface area contributed by atoms with E-state index in [1.54, 1.807) is 0 Å². The SMILES string of the molecule is O=C(CNCC1CCCCC1O)Nc1c(F)cccc1F. The van der Waals surface area contributed by atoms with Crippen molar-refractivity contribution in [3.63, 3.8) is 0 Å². The fraction of sp³-hybridized carbons (Fsp3) is 0.533. The van der Waals surface area contributed by atoms with E-state index in [0.29, 0.717) is 6.54 Å². The molecule has 1 amide bonds. The molecule has 2 atom stereocenters. The molecular weight excluding hydrogens is 278 g/mol. The molecule has 1 fully saturated rings. The van der Waals surface area contributed by atoms with Gasteiger partial charge in [-0.2, -0.15) is 0 Å². The first kappa shape index (κ1) is 15.9. The standard InChI is InChI=1S/C15H20F2N2O2/c16-11-5-3-6-12(17)15(11)19-14(21)9-18-8-10-4-1-2-7-13(10)20/h3,5-6,10,13,18,20H,1-2,4,7-9H2,(H,19,21). The lowest BCUT2D eigenvalue weighted by atomic mass is 9.86. The van der Waals surface area contributed by atoms with Crippen LogP contribution in [-0.2, 0) is 4.79 Å². The minimum atomic E-state index is -0.800. The van der Waals surface area contributed by atoms with Gasteiger partial charge in [-0.1, -0.05) is 18.9 Å². The summed E-state index contributed by atoms with van der Waals surface area (Å²) < 4.78 is 26.7. The molecule has 4 nitrogen and oxygen atoms in total. The van der Waals surface area contributed by atoms with Gasteiger partial charge < -0.3 is 15.7 Å². The quantitative estimate of drug-likeness (QED) is 0.779. The van der Waals surface area contributed by atoms with Gasteiger partial charge in [-0.25, -0.2) is 8.78 Å². The summed E-state index contributed by atoms with van der Waals surface area (Å²) in [5.41, 5.74) is -0.429. The molecule has 2 rings (SSSR count). The summed E-state index contributed by atoms with van der Waals surface area (Å²) in [5.74, 6) is -1.97. The lowest BCUT2D eigenvalue weighted by Crippen LogP contribution is -2.37. The van der Waals surface area contributed by atoms with Crippen molar-refractivity contribution in [1.82, 2.24) is 5.32 Å². The minimum Gasteiger partial charge on any atom is -0.393 e. The van der Waals surface area contributed by atoms with E-state index in [9.17, 15) is 18.7 Å². The third-order valence-electron chi connectivity index (χ3n) is 3.79. The molecule has 21 heavy (non-hydrogen) atoms. The maximum atomic E-state index is 13.4. The fourth-order valence-corrected chi connectivity index (χ4v) is 2.60. The molecule has 0 bridgehead atoms. The van der Waals surface area contributed by atoms with E-state index in [1.165, 1.54) is 6.07 Å². The molecule has 1 aliphatic rings. The van der Waals surface area contributed by atoms with E-state index >= 15 is 0 Å². The maximum Gasteiger partial charge on any atom is 0.238 e. The van der Waals surface area contributed by atoms with Gasteiger partial charge in [0, 0.05) is 6.54 Å². The number of benzene rings is 1. The summed E-state index contributed by atoms with van der Waals surface area (Å²) in [6.07, 6.45) is 3.50. The van der Waals surface area contributed by atoms with E-state index in [-0.39, 0.29) is 18.6 Å². The number of aliphatic hydroxyl groups is 1. The summed E-state index contributed by atoms with van der Waals surface area (Å²) >= 11 is 0. The number of carbonyl (C=O) groups excluding carboxylic acids is 1. The first-order valence-electron chi connectivity index (χ1n) is 7.20. The molecule has 1 aromatic rings. The number of amides is 1. The molecule has 0 aliphatic heterocycles. The predicted octanol–water partition coefficient (Wildman–Crippen LogP) is 2.04. The van der Waals surface area contributed by atoms with E-state index in [0.717, 1.165) is 37.8 Å². The monoisotopic (exact) mass is 298 g/mol. The summed E-state index contributed by atoms with van der Waals surface area (Å²) in [6.45, 7) is 0.478. The second kappa shape index (κ2) is 7.47. The van der Waals surface area contributed by atoms with E-state index < -0.39 is 23.2 Å². The second-order valence-corrected chi connectivity index (χ2v) is 5.39. The van der Waals surface area contributed by atoms with Gasteiger partial charge in [-0.15, -0.1) is 0 Å². The number of carbonyl (C=O) groups is 1. The average Bonchev–Trinajstić information content (AvgIpc) is 2.45. The van der Waals surface area contributed by atoms with Gasteiger partial charge in [0.05, 0.1) is 12.6 Å². The minimum absolute atomic E-state index is 0.0446. The number of anilines is 1. The van der Waals surface area contributed by atoms with Gasteiger partial charge in [0.2, 0.25) is 5.91 Å². The van der Waals surface area contributed by atoms with Crippen LogP contribution in [0.3, 0.4) is 0 Å². The third kappa shape index (κ3) is 4.47. The Morgan fingerprint density at radius 2 is 1.90 bits per heavy atom. The number of nitrogens with one attached hydrogen (secondary N) is 2. The zero-order valence-electron chi connectivity index (χ0n) is 11.7. The van der Waals surface area contributed by atoms with Crippen molar-refractivity contribution in [3.05, 3.63) is 29.8 Å². The Kier molecular flexibility index (Phi) is 5.64. The molecule has 1 saturated carbocycles. The topological polar surface area (TPSA) is 61.4 Å². The van der Waals surface area contributed by atoms with Crippen molar-refractivity contribution in [2.75, 3.05) is 18.4 Å². The Hall–Kier alpha value is -1.53. The average molecular weight is 298 g/mol.